The van der Waals surface area contributed by atoms with Crippen molar-refractivity contribution in [3.8, 4) is 0 Å². The maximum atomic E-state index is 9.38. The van der Waals surface area contributed by atoms with Crippen LogP contribution in [0.1, 0.15) is 36.6 Å². The molecule has 3 nitrogen and oxygen atoms in total. The fourth-order valence-electron chi connectivity index (χ4n) is 2.05. The molecule has 1 aromatic rings. The Morgan fingerprint density at radius 1 is 1.73 bits per heavy atom. The summed E-state index contributed by atoms with van der Waals surface area (Å²) in [6, 6.07) is 0.651. The molecule has 0 radical (unpaired) electrons. The van der Waals surface area contributed by atoms with Gasteiger partial charge in [0.2, 0.25) is 0 Å². The third-order valence-electron chi connectivity index (χ3n) is 3.08. The van der Waals surface area contributed by atoms with Crippen LogP contribution in [0, 0.1) is 0 Å². The molecule has 0 spiro atoms. The number of aliphatic hydroxyl groups is 1. The van der Waals surface area contributed by atoms with E-state index in [1.54, 1.807) is 18.3 Å². The molecule has 2 atom stereocenters. The summed E-state index contributed by atoms with van der Waals surface area (Å²) >= 11 is 1.67. The second-order valence-electron chi connectivity index (χ2n) is 4.32. The topological polar surface area (TPSA) is 36.4 Å². The maximum Gasteiger partial charge on any atom is 0.0945 e. The van der Waals surface area contributed by atoms with E-state index in [9.17, 15) is 5.11 Å². The molecule has 2 heterocycles. The first kappa shape index (κ1) is 11.0. The fourth-order valence-corrected chi connectivity index (χ4v) is 3.00. The second kappa shape index (κ2) is 4.60. The first-order valence-corrected chi connectivity index (χ1v) is 6.37. The number of likely N-dealkylation sites (N-methyl/N-ethyl adjacent to an activating group) is 1. The zero-order valence-electron chi connectivity index (χ0n) is 9.31. The van der Waals surface area contributed by atoms with E-state index in [0.29, 0.717) is 6.04 Å². The molecule has 15 heavy (non-hydrogen) atoms. The monoisotopic (exact) mass is 226 g/mol. The largest absolute Gasteiger partial charge is 0.387 e. The number of thiazole rings is 1. The van der Waals surface area contributed by atoms with Crippen LogP contribution in [-0.2, 0) is 6.42 Å². The van der Waals surface area contributed by atoms with Crippen LogP contribution in [0.4, 0.5) is 0 Å². The van der Waals surface area contributed by atoms with Gasteiger partial charge >= 0.3 is 0 Å². The Kier molecular flexibility index (Phi) is 3.38. The smallest absolute Gasteiger partial charge is 0.0945 e. The van der Waals surface area contributed by atoms with Crippen LogP contribution < -0.4 is 0 Å². The highest BCUT2D eigenvalue weighted by molar-refractivity contribution is 7.09. The minimum atomic E-state index is -0.434. The van der Waals surface area contributed by atoms with Crippen molar-refractivity contribution in [1.82, 2.24) is 9.88 Å². The van der Waals surface area contributed by atoms with Crippen molar-refractivity contribution in [2.45, 2.75) is 38.3 Å². The molecular weight excluding hydrogens is 208 g/mol. The summed E-state index contributed by atoms with van der Waals surface area (Å²) in [6.45, 7) is 2.97. The molecule has 2 rings (SSSR count). The van der Waals surface area contributed by atoms with Crippen molar-refractivity contribution in [1.29, 1.82) is 0 Å². The van der Waals surface area contributed by atoms with Crippen LogP contribution in [0.3, 0.4) is 0 Å². The van der Waals surface area contributed by atoms with Gasteiger partial charge in [-0.3, -0.25) is 0 Å². The number of aromatic nitrogens is 1. The van der Waals surface area contributed by atoms with E-state index in [4.69, 9.17) is 0 Å². The average molecular weight is 226 g/mol. The van der Waals surface area contributed by atoms with Gasteiger partial charge in [0.15, 0.2) is 0 Å². The van der Waals surface area contributed by atoms with Gasteiger partial charge in [-0.1, -0.05) is 0 Å². The van der Waals surface area contributed by atoms with Crippen molar-refractivity contribution < 1.29 is 5.11 Å². The van der Waals surface area contributed by atoms with Gasteiger partial charge in [-0.15, -0.1) is 11.3 Å². The molecule has 1 N–H and O–H groups in total. The first-order chi connectivity index (χ1) is 7.16. The molecular formula is C11H18N2OS. The number of nitrogens with zero attached hydrogens (tertiary/aromatic N) is 2. The Labute approximate surface area is 94.8 Å². The minimum absolute atomic E-state index is 0.434. The van der Waals surface area contributed by atoms with E-state index in [1.165, 1.54) is 19.4 Å². The summed E-state index contributed by atoms with van der Waals surface area (Å²) in [5.74, 6) is 0. The SMILES string of the molecule is CC(O)c1csc(CC2CCCN2C)n1. The number of aliphatic hydroxyl groups excluding tert-OH is 1. The highest BCUT2D eigenvalue weighted by Crippen LogP contribution is 2.22. The van der Waals surface area contributed by atoms with Gasteiger partial charge in [0.05, 0.1) is 16.8 Å². The standard InChI is InChI=1S/C11H18N2OS/c1-8(14)10-7-15-11(12-10)6-9-4-3-5-13(9)2/h7-9,14H,3-6H2,1-2H3. The lowest BCUT2D eigenvalue weighted by molar-refractivity contribution is 0.194. The van der Waals surface area contributed by atoms with Crippen LogP contribution in [-0.4, -0.2) is 34.6 Å². The number of hydrogen-bond donors (Lipinski definition) is 1. The van der Waals surface area contributed by atoms with Gasteiger partial charge in [0.1, 0.15) is 0 Å². The second-order valence-corrected chi connectivity index (χ2v) is 5.27. The van der Waals surface area contributed by atoms with Gasteiger partial charge in [-0.2, -0.15) is 0 Å². The van der Waals surface area contributed by atoms with Crippen LogP contribution in [0.2, 0.25) is 0 Å². The first-order valence-electron chi connectivity index (χ1n) is 5.49. The molecule has 0 amide bonds. The average Bonchev–Trinajstić information content (AvgIpc) is 2.77. The molecule has 0 saturated carbocycles. The highest BCUT2D eigenvalue weighted by Gasteiger charge is 2.22. The van der Waals surface area contributed by atoms with Crippen molar-refractivity contribution in [3.63, 3.8) is 0 Å². The molecule has 4 heteroatoms. The molecule has 0 aliphatic carbocycles. The number of likely N-dealkylation sites (tertiary alicyclic amines) is 1. The van der Waals surface area contributed by atoms with Crippen LogP contribution in [0.15, 0.2) is 5.38 Å². The van der Waals surface area contributed by atoms with Crippen LogP contribution in [0.25, 0.3) is 0 Å². The molecule has 1 aromatic heterocycles. The molecule has 0 aromatic carbocycles. The maximum absolute atomic E-state index is 9.38. The zero-order chi connectivity index (χ0) is 10.8. The predicted molar refractivity (Wildman–Crippen MR) is 62.1 cm³/mol. The Hall–Kier alpha value is -0.450. The molecule has 1 saturated heterocycles. The lowest BCUT2D eigenvalue weighted by Gasteiger charge is -2.17. The van der Waals surface area contributed by atoms with Gasteiger partial charge < -0.3 is 10.0 Å². The van der Waals surface area contributed by atoms with Crippen molar-refractivity contribution in [2.24, 2.45) is 0 Å². The number of hydrogen-bond acceptors (Lipinski definition) is 4. The van der Waals surface area contributed by atoms with Gasteiger partial charge in [0.25, 0.3) is 0 Å². The van der Waals surface area contributed by atoms with E-state index in [0.717, 1.165) is 17.1 Å². The van der Waals surface area contributed by atoms with Crippen LogP contribution >= 0.6 is 11.3 Å². The van der Waals surface area contributed by atoms with Crippen LogP contribution in [0.5, 0.6) is 0 Å². The van der Waals surface area contributed by atoms with Gasteiger partial charge in [-0.05, 0) is 33.4 Å². The van der Waals surface area contributed by atoms with E-state index >= 15 is 0 Å². The Morgan fingerprint density at radius 2 is 2.53 bits per heavy atom. The summed E-state index contributed by atoms with van der Waals surface area (Å²) in [4.78, 5) is 6.86. The lowest BCUT2D eigenvalue weighted by atomic mass is 10.1. The Balaban J connectivity index is 1.98. The Morgan fingerprint density at radius 3 is 3.07 bits per heavy atom. The van der Waals surface area contributed by atoms with E-state index in [-0.39, 0.29) is 0 Å². The lowest BCUT2D eigenvalue weighted by Crippen LogP contribution is -2.26. The minimum Gasteiger partial charge on any atom is -0.387 e. The molecule has 1 fully saturated rings. The predicted octanol–water partition coefficient (Wildman–Crippen LogP) is 1.83. The molecule has 2 unspecified atom stereocenters. The normalized spacial score (nSPS) is 24.6. The van der Waals surface area contributed by atoms with Crippen molar-refractivity contribution in [2.75, 3.05) is 13.6 Å². The third-order valence-corrected chi connectivity index (χ3v) is 3.97. The molecule has 1 aliphatic rings. The quantitative estimate of drug-likeness (QED) is 0.854. The summed E-state index contributed by atoms with van der Waals surface area (Å²) in [5.41, 5.74) is 0.815. The molecule has 1 aliphatic heterocycles. The molecule has 0 bridgehead atoms. The summed E-state index contributed by atoms with van der Waals surface area (Å²) in [5, 5.41) is 12.5. The highest BCUT2D eigenvalue weighted by atomic mass is 32.1. The summed E-state index contributed by atoms with van der Waals surface area (Å²) in [6.07, 6.45) is 3.18. The van der Waals surface area contributed by atoms with E-state index in [2.05, 4.69) is 16.9 Å². The molecule has 84 valence electrons. The van der Waals surface area contributed by atoms with Gasteiger partial charge in [0, 0.05) is 17.8 Å². The van der Waals surface area contributed by atoms with Crippen molar-refractivity contribution in [3.05, 3.63) is 16.1 Å². The Bertz CT molecular complexity index is 324. The van der Waals surface area contributed by atoms with Gasteiger partial charge in [-0.25, -0.2) is 4.98 Å². The third kappa shape index (κ3) is 2.56. The summed E-state index contributed by atoms with van der Waals surface area (Å²) < 4.78 is 0. The fraction of sp³-hybridized carbons (Fsp3) is 0.727. The zero-order valence-corrected chi connectivity index (χ0v) is 10.1. The number of rotatable bonds is 3. The van der Waals surface area contributed by atoms with E-state index in [1.807, 2.05) is 5.38 Å². The van der Waals surface area contributed by atoms with Crippen molar-refractivity contribution >= 4 is 11.3 Å². The summed E-state index contributed by atoms with van der Waals surface area (Å²) in [7, 11) is 2.18. The van der Waals surface area contributed by atoms with E-state index < -0.39 is 6.10 Å².